The molecule has 1 atom stereocenters. The Labute approximate surface area is 83.1 Å². The molecule has 0 heterocycles. The average Bonchev–Trinajstić information content (AvgIpc) is 2.20. The van der Waals surface area contributed by atoms with Gasteiger partial charge in [0.2, 0.25) is 0 Å². The van der Waals surface area contributed by atoms with Gasteiger partial charge >= 0.3 is 5.97 Å². The van der Waals surface area contributed by atoms with Gasteiger partial charge in [-0.15, -0.1) is 0 Å². The summed E-state index contributed by atoms with van der Waals surface area (Å²) < 4.78 is 0. The van der Waals surface area contributed by atoms with Crippen molar-refractivity contribution in [2.24, 2.45) is 5.73 Å². The summed E-state index contributed by atoms with van der Waals surface area (Å²) in [5.41, 5.74) is 5.65. The van der Waals surface area contributed by atoms with Crippen LogP contribution in [0.2, 0.25) is 0 Å². The van der Waals surface area contributed by atoms with Crippen LogP contribution in [0.4, 0.5) is 0 Å². The molecule has 0 fully saturated rings. The lowest BCUT2D eigenvalue weighted by Gasteiger charge is -1.95. The number of carbonyl (C=O) groups is 2. The minimum atomic E-state index is -0.963. The third-order valence-electron chi connectivity index (χ3n) is 1.55. The molecule has 0 amide bonds. The molecular weight excluding hydrogens is 182 g/mol. The highest BCUT2D eigenvalue weighted by Gasteiger charge is 1.99. The predicted octanol–water partition coefficient (Wildman–Crippen LogP) is 0.880. The van der Waals surface area contributed by atoms with Gasteiger partial charge in [0.05, 0.1) is 0 Å². The van der Waals surface area contributed by atoms with Crippen LogP contribution in [0, 0.1) is 0 Å². The smallest absolute Gasteiger partial charge is 0.320 e. The van der Waals surface area contributed by atoms with Crippen LogP contribution >= 0.6 is 0 Å². The molecule has 1 aliphatic carbocycles. The molecule has 3 N–H and O–H groups in total. The molecule has 0 saturated heterocycles. The molecule has 78 valence electrons. The Kier molecular flexibility index (Phi) is 6.32. The number of carboxylic acids is 1. The van der Waals surface area contributed by atoms with Crippen molar-refractivity contribution in [3.63, 3.8) is 0 Å². The number of aliphatic carboxylic acids is 1. The van der Waals surface area contributed by atoms with Crippen molar-refractivity contribution >= 4 is 12.3 Å². The van der Waals surface area contributed by atoms with Gasteiger partial charge in [0.1, 0.15) is 12.3 Å². The van der Waals surface area contributed by atoms with Gasteiger partial charge in [0, 0.05) is 5.57 Å². The van der Waals surface area contributed by atoms with E-state index in [1.165, 1.54) is 6.92 Å². The van der Waals surface area contributed by atoms with E-state index in [2.05, 4.69) is 0 Å². The molecule has 1 rings (SSSR count). The molecule has 0 spiro atoms. The maximum Gasteiger partial charge on any atom is 0.320 e. The first-order valence-corrected chi connectivity index (χ1v) is 4.38. The first kappa shape index (κ1) is 12.6. The highest BCUT2D eigenvalue weighted by Crippen LogP contribution is 2.05. The van der Waals surface area contributed by atoms with Crippen LogP contribution in [0.3, 0.4) is 0 Å². The monoisotopic (exact) mass is 197 g/mol. The van der Waals surface area contributed by atoms with Gasteiger partial charge < -0.3 is 10.8 Å². The van der Waals surface area contributed by atoms with E-state index in [4.69, 9.17) is 10.8 Å². The summed E-state index contributed by atoms with van der Waals surface area (Å²) in [4.78, 5) is 19.6. The van der Waals surface area contributed by atoms with Crippen LogP contribution in [0.5, 0.6) is 0 Å². The third kappa shape index (κ3) is 6.14. The number of nitrogens with two attached hydrogens (primary N) is 1. The Balaban J connectivity index is 0.000000255. The van der Waals surface area contributed by atoms with Gasteiger partial charge in [-0.1, -0.05) is 18.2 Å². The lowest BCUT2D eigenvalue weighted by Crippen LogP contribution is -2.25. The molecule has 0 aromatic carbocycles. The van der Waals surface area contributed by atoms with Crippen molar-refractivity contribution < 1.29 is 14.7 Å². The van der Waals surface area contributed by atoms with E-state index < -0.39 is 12.0 Å². The quantitative estimate of drug-likeness (QED) is 0.644. The normalized spacial score (nSPS) is 16.0. The lowest BCUT2D eigenvalue weighted by atomic mass is 10.1. The van der Waals surface area contributed by atoms with Gasteiger partial charge in [-0.2, -0.15) is 0 Å². The standard InChI is InChI=1S/C7H8O.C3H7NO2/c8-6-7-4-2-1-3-5-7;1-2(4)3(5)6/h2,4-6H,1,3H2;2H,4H2,1H3,(H,5,6)/t;2-/m.0/s1. The zero-order valence-electron chi connectivity index (χ0n) is 8.14. The van der Waals surface area contributed by atoms with E-state index in [0.29, 0.717) is 0 Å². The maximum atomic E-state index is 10.0. The fraction of sp³-hybridized carbons (Fsp3) is 0.400. The largest absolute Gasteiger partial charge is 0.480 e. The third-order valence-corrected chi connectivity index (χ3v) is 1.55. The minimum Gasteiger partial charge on any atom is -0.480 e. The van der Waals surface area contributed by atoms with Crippen LogP contribution in [0.15, 0.2) is 23.8 Å². The number of allylic oxidation sites excluding steroid dienone is 4. The number of carbonyl (C=O) groups excluding carboxylic acids is 1. The lowest BCUT2D eigenvalue weighted by molar-refractivity contribution is -0.138. The van der Waals surface area contributed by atoms with Crippen LogP contribution in [-0.2, 0) is 9.59 Å². The topological polar surface area (TPSA) is 80.4 Å². The van der Waals surface area contributed by atoms with Crippen molar-refractivity contribution in [3.05, 3.63) is 23.8 Å². The number of rotatable bonds is 2. The van der Waals surface area contributed by atoms with E-state index >= 15 is 0 Å². The van der Waals surface area contributed by atoms with Crippen molar-refractivity contribution in [1.29, 1.82) is 0 Å². The molecule has 0 aliphatic heterocycles. The van der Waals surface area contributed by atoms with Crippen LogP contribution < -0.4 is 5.73 Å². The molecule has 0 radical (unpaired) electrons. The van der Waals surface area contributed by atoms with Gasteiger partial charge in [-0.3, -0.25) is 9.59 Å². The second-order valence-corrected chi connectivity index (χ2v) is 2.93. The molecule has 14 heavy (non-hydrogen) atoms. The van der Waals surface area contributed by atoms with Gasteiger partial charge in [0.25, 0.3) is 0 Å². The van der Waals surface area contributed by atoms with Crippen LogP contribution in [0.1, 0.15) is 19.8 Å². The van der Waals surface area contributed by atoms with Gasteiger partial charge in [-0.05, 0) is 19.8 Å². The van der Waals surface area contributed by atoms with E-state index in [-0.39, 0.29) is 0 Å². The van der Waals surface area contributed by atoms with Crippen molar-refractivity contribution in [3.8, 4) is 0 Å². The SMILES string of the molecule is C[C@H](N)C(=O)O.O=CC1=CCCC=C1. The van der Waals surface area contributed by atoms with Gasteiger partial charge in [0.15, 0.2) is 0 Å². The highest BCUT2D eigenvalue weighted by molar-refractivity contribution is 5.77. The van der Waals surface area contributed by atoms with E-state index in [0.717, 1.165) is 24.7 Å². The second-order valence-electron chi connectivity index (χ2n) is 2.93. The summed E-state index contributed by atoms with van der Waals surface area (Å²) in [5.74, 6) is -0.963. The van der Waals surface area contributed by atoms with Crippen molar-refractivity contribution in [1.82, 2.24) is 0 Å². The summed E-state index contributed by atoms with van der Waals surface area (Å²) >= 11 is 0. The van der Waals surface area contributed by atoms with E-state index in [1.807, 2.05) is 18.2 Å². The number of hydrogen-bond donors (Lipinski definition) is 2. The Morgan fingerprint density at radius 1 is 1.64 bits per heavy atom. The molecule has 0 aromatic heterocycles. The molecule has 1 aliphatic rings. The van der Waals surface area contributed by atoms with Crippen LogP contribution in [0.25, 0.3) is 0 Å². The molecular formula is C10H15NO3. The Hall–Kier alpha value is -1.42. The molecule has 0 bridgehead atoms. The molecule has 0 unspecified atom stereocenters. The predicted molar refractivity (Wildman–Crippen MR) is 53.8 cm³/mol. The number of carboxylic acid groups (broad SMARTS) is 1. The van der Waals surface area contributed by atoms with E-state index in [9.17, 15) is 9.59 Å². The summed E-state index contributed by atoms with van der Waals surface area (Å²) in [6.07, 6.45) is 8.81. The summed E-state index contributed by atoms with van der Waals surface area (Å²) in [6.45, 7) is 1.42. The molecule has 0 aromatic rings. The van der Waals surface area contributed by atoms with Crippen LogP contribution in [-0.4, -0.2) is 23.4 Å². The Morgan fingerprint density at radius 3 is 2.43 bits per heavy atom. The fourth-order valence-electron chi connectivity index (χ4n) is 0.721. The molecule has 0 saturated carbocycles. The first-order chi connectivity index (χ1) is 6.57. The van der Waals surface area contributed by atoms with E-state index in [1.54, 1.807) is 0 Å². The molecule has 4 nitrogen and oxygen atoms in total. The Morgan fingerprint density at radius 2 is 2.21 bits per heavy atom. The maximum absolute atomic E-state index is 10.0. The average molecular weight is 197 g/mol. The fourth-order valence-corrected chi connectivity index (χ4v) is 0.721. The number of aldehydes is 1. The second kappa shape index (κ2) is 7.03. The highest BCUT2D eigenvalue weighted by atomic mass is 16.4. The zero-order chi connectivity index (χ0) is 11.0. The summed E-state index contributed by atoms with van der Waals surface area (Å²) in [6, 6.07) is -0.731. The first-order valence-electron chi connectivity index (χ1n) is 4.38. The molecule has 4 heteroatoms. The zero-order valence-corrected chi connectivity index (χ0v) is 8.14. The summed E-state index contributed by atoms with van der Waals surface area (Å²) in [5, 5.41) is 7.87. The summed E-state index contributed by atoms with van der Waals surface area (Å²) in [7, 11) is 0. The van der Waals surface area contributed by atoms with Crippen molar-refractivity contribution in [2.75, 3.05) is 0 Å². The number of hydrogen-bond acceptors (Lipinski definition) is 3. The van der Waals surface area contributed by atoms with Crippen molar-refractivity contribution in [2.45, 2.75) is 25.8 Å². The van der Waals surface area contributed by atoms with Gasteiger partial charge in [-0.25, -0.2) is 0 Å². The minimum absolute atomic E-state index is 0.731. The Bertz CT molecular complexity index is 254.